The van der Waals surface area contributed by atoms with Crippen molar-refractivity contribution in [1.29, 1.82) is 0 Å². The van der Waals surface area contributed by atoms with E-state index in [9.17, 15) is 19.7 Å². The molecule has 164 valence electrons. The van der Waals surface area contributed by atoms with Gasteiger partial charge >= 0.3 is 5.69 Å². The number of piperidine rings is 1. The van der Waals surface area contributed by atoms with E-state index < -0.39 is 4.92 Å². The third kappa shape index (κ3) is 5.16. The number of benzene rings is 1. The molecule has 3 unspecified atom stereocenters. The van der Waals surface area contributed by atoms with Crippen molar-refractivity contribution in [2.24, 2.45) is 11.7 Å². The number of aldehydes is 1. The zero-order valence-electron chi connectivity index (χ0n) is 17.3. The summed E-state index contributed by atoms with van der Waals surface area (Å²) in [5.74, 6) is 0.511. The number of nitrogens with two attached hydrogens (primary N) is 1. The predicted octanol–water partition coefficient (Wildman–Crippen LogP) is 3.46. The van der Waals surface area contributed by atoms with Gasteiger partial charge in [-0.15, -0.1) is 0 Å². The van der Waals surface area contributed by atoms with Crippen LogP contribution in [0, 0.1) is 16.0 Å². The van der Waals surface area contributed by atoms with E-state index in [0.717, 1.165) is 25.8 Å². The maximum absolute atomic E-state index is 12.2. The van der Waals surface area contributed by atoms with Crippen molar-refractivity contribution in [3.8, 4) is 5.75 Å². The summed E-state index contributed by atoms with van der Waals surface area (Å²) in [6, 6.07) is 4.66. The molecule has 8 nitrogen and oxygen atoms in total. The lowest BCUT2D eigenvalue weighted by molar-refractivity contribution is -0.386. The topological polar surface area (TPSA) is 116 Å². The van der Waals surface area contributed by atoms with Crippen molar-refractivity contribution >= 4 is 17.9 Å². The highest BCUT2D eigenvalue weighted by Gasteiger charge is 2.38. The molecule has 1 heterocycles. The number of nitrogens with zero attached hydrogens (tertiary/aromatic N) is 2. The number of hydrogen-bond donors (Lipinski definition) is 1. The van der Waals surface area contributed by atoms with Crippen LogP contribution in [-0.4, -0.2) is 47.3 Å². The maximum Gasteiger partial charge on any atom is 0.321 e. The van der Waals surface area contributed by atoms with E-state index in [4.69, 9.17) is 10.5 Å². The summed E-state index contributed by atoms with van der Waals surface area (Å²) in [5, 5.41) is 11.3. The van der Waals surface area contributed by atoms with E-state index in [1.54, 1.807) is 6.07 Å². The van der Waals surface area contributed by atoms with E-state index in [-0.39, 0.29) is 35.6 Å². The van der Waals surface area contributed by atoms with Crippen molar-refractivity contribution in [1.82, 2.24) is 4.90 Å². The standard InChI is InChI=1S/C22H31N3O5/c23-22(27)19(24-13-6-9-16-7-1-2-10-18(16)24)11-3-4-14-30-20-12-5-8-17(15-26)21(20)25(28)29/h5,8,12,15-16,18-19H,1-4,6-7,9-11,13-14H2,(H2,23,27). The summed E-state index contributed by atoms with van der Waals surface area (Å²) in [7, 11) is 0. The van der Waals surface area contributed by atoms with Gasteiger partial charge in [0.2, 0.25) is 5.91 Å². The van der Waals surface area contributed by atoms with Crippen LogP contribution >= 0.6 is 0 Å². The summed E-state index contributed by atoms with van der Waals surface area (Å²) in [5.41, 5.74) is 5.45. The van der Waals surface area contributed by atoms with Crippen LogP contribution in [0.3, 0.4) is 0 Å². The van der Waals surface area contributed by atoms with Crippen LogP contribution in [0.2, 0.25) is 0 Å². The number of para-hydroxylation sites is 1. The monoisotopic (exact) mass is 417 g/mol. The van der Waals surface area contributed by atoms with Crippen molar-refractivity contribution in [3.63, 3.8) is 0 Å². The Bertz CT molecular complexity index is 767. The average Bonchev–Trinajstić information content (AvgIpc) is 2.75. The van der Waals surface area contributed by atoms with Gasteiger partial charge in [-0.1, -0.05) is 18.9 Å². The number of nitro groups is 1. The summed E-state index contributed by atoms with van der Waals surface area (Å²) >= 11 is 0. The van der Waals surface area contributed by atoms with E-state index in [1.165, 1.54) is 37.8 Å². The van der Waals surface area contributed by atoms with Crippen molar-refractivity contribution in [3.05, 3.63) is 33.9 Å². The lowest BCUT2D eigenvalue weighted by atomic mass is 9.77. The van der Waals surface area contributed by atoms with Crippen molar-refractivity contribution < 1.29 is 19.2 Å². The van der Waals surface area contributed by atoms with Gasteiger partial charge in [0, 0.05) is 6.04 Å². The number of rotatable bonds is 10. The second-order valence-electron chi connectivity index (χ2n) is 8.32. The molecule has 1 aliphatic carbocycles. The fourth-order valence-corrected chi connectivity index (χ4v) is 5.09. The Morgan fingerprint density at radius 2 is 2.03 bits per heavy atom. The second kappa shape index (κ2) is 10.5. The normalized spacial score (nSPS) is 22.7. The molecule has 2 N–H and O–H groups in total. The first kappa shape index (κ1) is 22.2. The average molecular weight is 418 g/mol. The Morgan fingerprint density at radius 1 is 1.27 bits per heavy atom. The summed E-state index contributed by atoms with van der Waals surface area (Å²) in [6.07, 6.45) is 9.77. The number of primary amides is 1. The third-order valence-corrected chi connectivity index (χ3v) is 6.48. The SMILES string of the molecule is NC(=O)C(CCCCOc1cccc(C=O)c1[N+](=O)[O-])N1CCCC2CCCCC21. The zero-order chi connectivity index (χ0) is 21.5. The number of ether oxygens (including phenoxy) is 1. The third-order valence-electron chi connectivity index (χ3n) is 6.48. The second-order valence-corrected chi connectivity index (χ2v) is 8.32. The molecule has 2 aliphatic rings. The van der Waals surface area contributed by atoms with Crippen LogP contribution in [0.15, 0.2) is 18.2 Å². The minimum absolute atomic E-state index is 0.00146. The first-order chi connectivity index (χ1) is 14.5. The number of carbonyl (C=O) groups is 2. The molecule has 0 radical (unpaired) electrons. The van der Waals surface area contributed by atoms with Gasteiger partial charge in [-0.05, 0) is 69.5 Å². The fraction of sp³-hybridized carbons (Fsp3) is 0.636. The molecule has 0 aromatic heterocycles. The highest BCUT2D eigenvalue weighted by atomic mass is 16.6. The van der Waals surface area contributed by atoms with Gasteiger partial charge in [-0.25, -0.2) is 0 Å². The number of fused-ring (bicyclic) bond motifs is 1. The van der Waals surface area contributed by atoms with Gasteiger partial charge in [0.25, 0.3) is 0 Å². The number of likely N-dealkylation sites (tertiary alicyclic amines) is 1. The molecular weight excluding hydrogens is 386 g/mol. The number of hydrogen-bond acceptors (Lipinski definition) is 6. The molecule has 8 heteroatoms. The minimum Gasteiger partial charge on any atom is -0.487 e. The smallest absolute Gasteiger partial charge is 0.321 e. The fourth-order valence-electron chi connectivity index (χ4n) is 5.09. The Morgan fingerprint density at radius 3 is 2.77 bits per heavy atom. The molecule has 3 atom stereocenters. The largest absolute Gasteiger partial charge is 0.487 e. The Hall–Kier alpha value is -2.48. The van der Waals surface area contributed by atoms with Gasteiger partial charge in [0.1, 0.15) is 0 Å². The predicted molar refractivity (Wildman–Crippen MR) is 112 cm³/mol. The first-order valence-electron chi connectivity index (χ1n) is 10.9. The molecule has 2 fully saturated rings. The maximum atomic E-state index is 12.2. The summed E-state index contributed by atoms with van der Waals surface area (Å²) in [4.78, 5) is 36.2. The molecule has 0 bridgehead atoms. The van der Waals surface area contributed by atoms with Crippen LogP contribution < -0.4 is 10.5 Å². The van der Waals surface area contributed by atoms with Crippen LogP contribution in [-0.2, 0) is 4.79 Å². The Labute approximate surface area is 176 Å². The van der Waals surface area contributed by atoms with Crippen LogP contribution in [0.1, 0.15) is 68.1 Å². The quantitative estimate of drug-likeness (QED) is 0.270. The molecule has 0 spiro atoms. The molecule has 3 rings (SSSR count). The van der Waals surface area contributed by atoms with Crippen molar-refractivity contribution in [2.45, 2.75) is 69.9 Å². The minimum atomic E-state index is -0.598. The molecule has 30 heavy (non-hydrogen) atoms. The molecule has 1 saturated carbocycles. The van der Waals surface area contributed by atoms with E-state index >= 15 is 0 Å². The van der Waals surface area contributed by atoms with E-state index in [2.05, 4.69) is 4.90 Å². The lowest BCUT2D eigenvalue weighted by Gasteiger charge is -2.47. The zero-order valence-corrected chi connectivity index (χ0v) is 17.3. The van der Waals surface area contributed by atoms with Gasteiger partial charge in [0.15, 0.2) is 12.0 Å². The Kier molecular flexibility index (Phi) is 7.79. The molecular formula is C22H31N3O5. The highest BCUT2D eigenvalue weighted by Crippen LogP contribution is 2.37. The number of carbonyl (C=O) groups excluding carboxylic acids is 2. The van der Waals surface area contributed by atoms with Gasteiger partial charge in [-0.3, -0.25) is 24.6 Å². The molecule has 1 aromatic carbocycles. The summed E-state index contributed by atoms with van der Waals surface area (Å²) in [6.45, 7) is 1.21. The van der Waals surface area contributed by atoms with Gasteiger partial charge < -0.3 is 10.5 Å². The lowest BCUT2D eigenvalue weighted by Crippen LogP contribution is -2.55. The van der Waals surface area contributed by atoms with E-state index in [1.807, 2.05) is 0 Å². The molecule has 1 saturated heterocycles. The molecule has 1 aromatic rings. The van der Waals surface area contributed by atoms with Crippen LogP contribution in [0.25, 0.3) is 0 Å². The van der Waals surface area contributed by atoms with Gasteiger partial charge in [-0.2, -0.15) is 0 Å². The van der Waals surface area contributed by atoms with Crippen molar-refractivity contribution in [2.75, 3.05) is 13.2 Å². The Balaban J connectivity index is 1.53. The number of amides is 1. The van der Waals surface area contributed by atoms with Gasteiger partial charge in [0.05, 0.1) is 23.1 Å². The van der Waals surface area contributed by atoms with E-state index in [0.29, 0.717) is 31.1 Å². The number of unbranched alkanes of at least 4 members (excludes halogenated alkanes) is 1. The highest BCUT2D eigenvalue weighted by molar-refractivity contribution is 5.83. The summed E-state index contributed by atoms with van der Waals surface area (Å²) < 4.78 is 5.58. The van der Waals surface area contributed by atoms with Crippen LogP contribution in [0.5, 0.6) is 5.75 Å². The molecule has 1 aliphatic heterocycles. The first-order valence-corrected chi connectivity index (χ1v) is 10.9. The van der Waals surface area contributed by atoms with Crippen LogP contribution in [0.4, 0.5) is 5.69 Å². The molecule has 1 amide bonds. The number of nitro benzene ring substituents is 1.